The number of rotatable bonds is 7. The highest BCUT2D eigenvalue weighted by atomic mass is 19.4. The fourth-order valence-electron chi connectivity index (χ4n) is 5.15. The van der Waals surface area contributed by atoms with Gasteiger partial charge in [0.15, 0.2) is 0 Å². The van der Waals surface area contributed by atoms with E-state index in [0.29, 0.717) is 55.7 Å². The topological polar surface area (TPSA) is 55.9 Å². The maximum absolute atomic E-state index is 13.1. The van der Waals surface area contributed by atoms with Crippen LogP contribution in [0.2, 0.25) is 0 Å². The first-order valence-electron chi connectivity index (χ1n) is 13.2. The van der Waals surface area contributed by atoms with Crippen LogP contribution in [0.4, 0.5) is 31.1 Å². The van der Waals surface area contributed by atoms with Crippen LogP contribution in [-0.2, 0) is 6.18 Å². The first-order chi connectivity index (χ1) is 18.8. The summed E-state index contributed by atoms with van der Waals surface area (Å²) < 4.78 is 75.4. The average molecular weight is 571 g/mol. The van der Waals surface area contributed by atoms with Crippen LogP contribution in [0.1, 0.15) is 41.6 Å². The van der Waals surface area contributed by atoms with Gasteiger partial charge >= 0.3 is 18.4 Å². The predicted octanol–water partition coefficient (Wildman–Crippen LogP) is 5.65. The van der Waals surface area contributed by atoms with Crippen LogP contribution in [0.3, 0.4) is 0 Å². The third-order valence-electron chi connectivity index (χ3n) is 7.51. The van der Waals surface area contributed by atoms with Crippen LogP contribution in [0.25, 0.3) is 11.1 Å². The lowest BCUT2D eigenvalue weighted by atomic mass is 10.0. The molecule has 3 amide bonds. The standard InChI is InChI=1S/C28H32F6N4O2/c1-36(25(39)21-5-3-19(4-6-21)20-7-9-22(10-8-20)28(32,33)34)24-12-16-38(18-24)26(40)37-15-11-23(17-37)35-14-2-13-27(29,30)31/h3-10,23-24,35H,2,11-18H2,1H3/t23-,24+/m1/s1. The van der Waals surface area contributed by atoms with Crippen molar-refractivity contribution in [3.05, 3.63) is 59.7 Å². The maximum atomic E-state index is 13.1. The van der Waals surface area contributed by atoms with E-state index in [1.165, 1.54) is 12.1 Å². The molecule has 2 saturated heterocycles. The summed E-state index contributed by atoms with van der Waals surface area (Å²) in [5.41, 5.74) is 0.993. The Bertz CT molecular complexity index is 1170. The van der Waals surface area contributed by atoms with Crippen molar-refractivity contribution in [2.45, 2.75) is 50.1 Å². The van der Waals surface area contributed by atoms with Gasteiger partial charge in [0.2, 0.25) is 0 Å². The molecule has 2 aromatic carbocycles. The van der Waals surface area contributed by atoms with Crippen molar-refractivity contribution >= 4 is 11.9 Å². The summed E-state index contributed by atoms with van der Waals surface area (Å²) in [5, 5.41) is 3.10. The first-order valence-corrected chi connectivity index (χ1v) is 13.2. The van der Waals surface area contributed by atoms with Gasteiger partial charge in [0.05, 0.1) is 11.6 Å². The zero-order chi connectivity index (χ0) is 29.1. The fraction of sp³-hybridized carbons (Fsp3) is 0.500. The SMILES string of the molecule is CN(C(=O)c1ccc(-c2ccc(C(F)(F)F)cc2)cc1)[C@H]1CCN(C(=O)N2CC[C@@H](NCCCC(F)(F)F)C2)C1. The molecule has 2 atom stereocenters. The summed E-state index contributed by atoms with van der Waals surface area (Å²) in [5.74, 6) is -0.220. The van der Waals surface area contributed by atoms with E-state index in [4.69, 9.17) is 0 Å². The molecule has 0 saturated carbocycles. The van der Waals surface area contributed by atoms with Crippen molar-refractivity contribution in [1.82, 2.24) is 20.0 Å². The van der Waals surface area contributed by atoms with Gasteiger partial charge in [-0.05, 0) is 61.2 Å². The lowest BCUT2D eigenvalue weighted by molar-refractivity contribution is -0.137. The molecule has 2 fully saturated rings. The molecule has 0 aromatic heterocycles. The van der Waals surface area contributed by atoms with Crippen molar-refractivity contribution < 1.29 is 35.9 Å². The number of nitrogens with one attached hydrogen (secondary N) is 1. The lowest BCUT2D eigenvalue weighted by Gasteiger charge is -2.27. The van der Waals surface area contributed by atoms with E-state index in [-0.39, 0.29) is 37.0 Å². The average Bonchev–Trinajstić information content (AvgIpc) is 3.60. The van der Waals surface area contributed by atoms with Crippen molar-refractivity contribution in [2.24, 2.45) is 0 Å². The summed E-state index contributed by atoms with van der Waals surface area (Å²) in [6.45, 7) is 2.08. The Morgan fingerprint density at radius 3 is 2.05 bits per heavy atom. The zero-order valence-electron chi connectivity index (χ0n) is 22.1. The van der Waals surface area contributed by atoms with Gasteiger partial charge < -0.3 is 20.0 Å². The smallest absolute Gasteiger partial charge is 0.337 e. The second-order valence-corrected chi connectivity index (χ2v) is 10.3. The van der Waals surface area contributed by atoms with E-state index in [0.717, 1.165) is 12.1 Å². The monoisotopic (exact) mass is 570 g/mol. The Morgan fingerprint density at radius 2 is 1.45 bits per heavy atom. The Morgan fingerprint density at radius 1 is 0.875 bits per heavy atom. The molecule has 12 heteroatoms. The summed E-state index contributed by atoms with van der Waals surface area (Å²) in [6, 6.07) is 11.1. The zero-order valence-corrected chi connectivity index (χ0v) is 22.1. The third kappa shape index (κ3) is 7.47. The molecule has 0 bridgehead atoms. The largest absolute Gasteiger partial charge is 0.416 e. The van der Waals surface area contributed by atoms with Gasteiger partial charge in [-0.3, -0.25) is 4.79 Å². The maximum Gasteiger partial charge on any atom is 0.416 e. The van der Waals surface area contributed by atoms with E-state index in [1.54, 1.807) is 46.0 Å². The normalized spacial score (nSPS) is 19.8. The number of carbonyl (C=O) groups is 2. The molecule has 2 aliphatic rings. The Hall–Kier alpha value is -3.28. The number of carbonyl (C=O) groups excluding carboxylic acids is 2. The number of hydrogen-bond acceptors (Lipinski definition) is 3. The van der Waals surface area contributed by atoms with Gasteiger partial charge in [0.25, 0.3) is 5.91 Å². The molecule has 0 unspecified atom stereocenters. The second kappa shape index (κ2) is 12.1. The van der Waals surface area contributed by atoms with Crippen LogP contribution >= 0.6 is 0 Å². The van der Waals surface area contributed by atoms with Crippen LogP contribution in [0, 0.1) is 0 Å². The second-order valence-electron chi connectivity index (χ2n) is 10.3. The molecule has 0 radical (unpaired) electrons. The highest BCUT2D eigenvalue weighted by molar-refractivity contribution is 5.95. The molecule has 2 aromatic rings. The van der Waals surface area contributed by atoms with Crippen LogP contribution in [0.5, 0.6) is 0 Å². The number of amides is 3. The quantitative estimate of drug-likeness (QED) is 0.346. The molecule has 2 heterocycles. The molecule has 6 nitrogen and oxygen atoms in total. The number of benzene rings is 2. The molecular formula is C28H32F6N4O2. The molecule has 218 valence electrons. The van der Waals surface area contributed by atoms with Crippen molar-refractivity contribution in [3.8, 4) is 11.1 Å². The highest BCUT2D eigenvalue weighted by Crippen LogP contribution is 2.31. The van der Waals surface area contributed by atoms with E-state index >= 15 is 0 Å². The summed E-state index contributed by atoms with van der Waals surface area (Å²) >= 11 is 0. The van der Waals surface area contributed by atoms with Gasteiger partial charge in [-0.25, -0.2) is 4.79 Å². The van der Waals surface area contributed by atoms with Gasteiger partial charge in [-0.15, -0.1) is 0 Å². The first kappa shape index (κ1) is 29.7. The summed E-state index contributed by atoms with van der Waals surface area (Å²) in [7, 11) is 1.68. The lowest BCUT2D eigenvalue weighted by Crippen LogP contribution is -2.45. The summed E-state index contributed by atoms with van der Waals surface area (Å²) in [6.07, 6.45) is -8.12. The van der Waals surface area contributed by atoms with E-state index in [9.17, 15) is 35.9 Å². The minimum atomic E-state index is -4.41. The molecule has 40 heavy (non-hydrogen) atoms. The van der Waals surface area contributed by atoms with Crippen LogP contribution < -0.4 is 5.32 Å². The van der Waals surface area contributed by atoms with Gasteiger partial charge in [-0.2, -0.15) is 26.3 Å². The van der Waals surface area contributed by atoms with E-state index in [2.05, 4.69) is 5.32 Å². The number of nitrogens with zero attached hydrogens (tertiary/aromatic N) is 3. The van der Waals surface area contributed by atoms with Crippen molar-refractivity contribution in [1.29, 1.82) is 0 Å². The number of likely N-dealkylation sites (tertiary alicyclic amines) is 2. The Balaban J connectivity index is 1.26. The van der Waals surface area contributed by atoms with E-state index < -0.39 is 24.3 Å². The number of alkyl halides is 6. The third-order valence-corrected chi connectivity index (χ3v) is 7.51. The van der Waals surface area contributed by atoms with Crippen LogP contribution in [-0.4, -0.2) is 84.7 Å². The number of hydrogen-bond donors (Lipinski definition) is 1. The molecular weight excluding hydrogens is 538 g/mol. The minimum absolute atomic E-state index is 0.000102. The molecule has 4 rings (SSSR count). The van der Waals surface area contributed by atoms with Crippen molar-refractivity contribution in [3.63, 3.8) is 0 Å². The molecule has 1 N–H and O–H groups in total. The summed E-state index contributed by atoms with van der Waals surface area (Å²) in [4.78, 5) is 31.1. The number of likely N-dealkylation sites (N-methyl/N-ethyl adjacent to an activating group) is 1. The Kier molecular flexibility index (Phi) is 8.96. The van der Waals surface area contributed by atoms with Gasteiger partial charge in [0, 0.05) is 51.3 Å². The fourth-order valence-corrected chi connectivity index (χ4v) is 5.15. The van der Waals surface area contributed by atoms with Crippen LogP contribution in [0.15, 0.2) is 48.5 Å². The Labute approximate surface area is 228 Å². The van der Waals surface area contributed by atoms with Crippen molar-refractivity contribution in [2.75, 3.05) is 39.8 Å². The van der Waals surface area contributed by atoms with Gasteiger partial charge in [0.1, 0.15) is 0 Å². The number of urea groups is 1. The highest BCUT2D eigenvalue weighted by Gasteiger charge is 2.36. The minimum Gasteiger partial charge on any atom is -0.337 e. The molecule has 0 spiro atoms. The van der Waals surface area contributed by atoms with E-state index in [1.807, 2.05) is 0 Å². The molecule has 0 aliphatic carbocycles. The number of halogens is 6. The predicted molar refractivity (Wildman–Crippen MR) is 138 cm³/mol. The molecule has 2 aliphatic heterocycles. The van der Waals surface area contributed by atoms with Gasteiger partial charge in [-0.1, -0.05) is 24.3 Å².